The molecule has 0 amide bonds. The number of ether oxygens (including phenoxy) is 3. The summed E-state index contributed by atoms with van der Waals surface area (Å²) in [6.45, 7) is 7.67. The van der Waals surface area contributed by atoms with Crippen molar-refractivity contribution >= 4 is 11.9 Å². The number of hydrogen-bond acceptors (Lipinski definition) is 5. The average molecular weight is 839 g/mol. The zero-order valence-corrected chi connectivity index (χ0v) is 40.0. The standard InChI is InChI=1S/C55H98O5/c1-4-7-10-13-16-18-20-22-24-26-28-29-31-33-35-37-40-42-45-48-54(56)59-52-53(60-55(57)49-46-43-39-15-12-9-6-3)51-58-50-47-44-41-38-36-34-32-30-27-25-23-21-19-17-14-11-8-5-2/h7,10,16,18,22,24,28-29,33,35,53H,4-6,8-9,11-15,17,19-21,23,25-27,30-32,34,36-52H2,1-3H3/b10-7-,18-16-,24-22-,29-28-,35-33-. The van der Waals surface area contributed by atoms with Gasteiger partial charge in [-0.1, -0.05) is 236 Å². The predicted molar refractivity (Wildman–Crippen MR) is 261 cm³/mol. The van der Waals surface area contributed by atoms with Crippen molar-refractivity contribution in [3.05, 3.63) is 60.8 Å². The van der Waals surface area contributed by atoms with E-state index < -0.39 is 6.10 Å². The molecule has 0 aromatic carbocycles. The van der Waals surface area contributed by atoms with E-state index in [1.165, 1.54) is 135 Å². The minimum Gasteiger partial charge on any atom is -0.462 e. The Labute approximate surface area is 373 Å². The van der Waals surface area contributed by atoms with Crippen LogP contribution >= 0.6 is 0 Å². The van der Waals surface area contributed by atoms with Gasteiger partial charge in [-0.2, -0.15) is 0 Å². The lowest BCUT2D eigenvalue weighted by atomic mass is 10.0. The van der Waals surface area contributed by atoms with Crippen LogP contribution in [0.4, 0.5) is 0 Å². The zero-order valence-electron chi connectivity index (χ0n) is 40.0. The van der Waals surface area contributed by atoms with Crippen LogP contribution in [0.15, 0.2) is 60.8 Å². The van der Waals surface area contributed by atoms with Gasteiger partial charge in [0.2, 0.25) is 0 Å². The maximum absolute atomic E-state index is 12.7. The summed E-state index contributed by atoms with van der Waals surface area (Å²) in [5.74, 6) is -0.432. The highest BCUT2D eigenvalue weighted by Gasteiger charge is 2.17. The molecule has 0 aromatic heterocycles. The monoisotopic (exact) mass is 839 g/mol. The van der Waals surface area contributed by atoms with E-state index in [4.69, 9.17) is 14.2 Å². The van der Waals surface area contributed by atoms with Crippen LogP contribution in [-0.4, -0.2) is 37.9 Å². The van der Waals surface area contributed by atoms with Gasteiger partial charge in [-0.3, -0.25) is 9.59 Å². The summed E-state index contributed by atoms with van der Waals surface area (Å²) in [5.41, 5.74) is 0. The summed E-state index contributed by atoms with van der Waals surface area (Å²) in [5, 5.41) is 0. The molecule has 5 heteroatoms. The van der Waals surface area contributed by atoms with Crippen LogP contribution in [0.2, 0.25) is 0 Å². The highest BCUT2D eigenvalue weighted by Crippen LogP contribution is 2.15. The van der Waals surface area contributed by atoms with Gasteiger partial charge < -0.3 is 14.2 Å². The van der Waals surface area contributed by atoms with Crippen molar-refractivity contribution in [3.8, 4) is 0 Å². The highest BCUT2D eigenvalue weighted by atomic mass is 16.6. The summed E-state index contributed by atoms with van der Waals surface area (Å²) in [6, 6.07) is 0. The Morgan fingerprint density at radius 2 is 0.750 bits per heavy atom. The third-order valence-corrected chi connectivity index (χ3v) is 11.1. The number of carbonyl (C=O) groups is 2. The number of esters is 2. The Balaban J connectivity index is 4.15. The lowest BCUT2D eigenvalue weighted by Crippen LogP contribution is -2.30. The number of rotatable bonds is 47. The second-order valence-electron chi connectivity index (χ2n) is 17.1. The van der Waals surface area contributed by atoms with E-state index in [-0.39, 0.29) is 25.2 Å². The van der Waals surface area contributed by atoms with Crippen LogP contribution < -0.4 is 0 Å². The van der Waals surface area contributed by atoms with Crippen LogP contribution in [-0.2, 0) is 23.8 Å². The largest absolute Gasteiger partial charge is 0.462 e. The number of carbonyl (C=O) groups excluding carboxylic acids is 2. The van der Waals surface area contributed by atoms with Crippen molar-refractivity contribution in [3.63, 3.8) is 0 Å². The van der Waals surface area contributed by atoms with E-state index in [0.717, 1.165) is 83.5 Å². The fourth-order valence-electron chi connectivity index (χ4n) is 7.24. The predicted octanol–water partition coefficient (Wildman–Crippen LogP) is 17.3. The zero-order chi connectivity index (χ0) is 43.5. The molecule has 0 spiro atoms. The van der Waals surface area contributed by atoms with Crippen molar-refractivity contribution in [1.82, 2.24) is 0 Å². The number of allylic oxidation sites excluding steroid dienone is 10. The van der Waals surface area contributed by atoms with Gasteiger partial charge in [0.05, 0.1) is 6.61 Å². The smallest absolute Gasteiger partial charge is 0.306 e. The maximum Gasteiger partial charge on any atom is 0.306 e. The first-order valence-corrected chi connectivity index (χ1v) is 25.8. The molecule has 0 aliphatic rings. The van der Waals surface area contributed by atoms with Gasteiger partial charge in [0.1, 0.15) is 6.61 Å². The molecular formula is C55H98O5. The molecule has 0 saturated heterocycles. The average Bonchev–Trinajstić information content (AvgIpc) is 3.25. The van der Waals surface area contributed by atoms with Crippen molar-refractivity contribution in [2.45, 2.75) is 258 Å². The van der Waals surface area contributed by atoms with Crippen LogP contribution in [0, 0.1) is 0 Å². The van der Waals surface area contributed by atoms with Gasteiger partial charge in [0.25, 0.3) is 0 Å². The molecular weight excluding hydrogens is 741 g/mol. The molecule has 60 heavy (non-hydrogen) atoms. The third kappa shape index (κ3) is 48.3. The van der Waals surface area contributed by atoms with E-state index in [0.29, 0.717) is 19.4 Å². The Morgan fingerprint density at radius 3 is 1.20 bits per heavy atom. The van der Waals surface area contributed by atoms with Gasteiger partial charge in [-0.15, -0.1) is 0 Å². The summed E-state index contributed by atoms with van der Waals surface area (Å²) >= 11 is 0. The molecule has 0 aliphatic carbocycles. The number of hydrogen-bond donors (Lipinski definition) is 0. The third-order valence-electron chi connectivity index (χ3n) is 11.1. The molecule has 0 rings (SSSR count). The summed E-state index contributed by atoms with van der Waals surface area (Å²) in [6.07, 6.45) is 63.9. The second-order valence-corrected chi connectivity index (χ2v) is 17.1. The Hall–Kier alpha value is -2.40. The summed E-state index contributed by atoms with van der Waals surface area (Å²) < 4.78 is 17.3. The minimum absolute atomic E-state index is 0.0702. The Kier molecular flexibility index (Phi) is 48.9. The quantitative estimate of drug-likeness (QED) is 0.0347. The minimum atomic E-state index is -0.545. The number of unbranched alkanes of at least 4 members (excludes halogenated alkanes) is 26. The van der Waals surface area contributed by atoms with Gasteiger partial charge in [0.15, 0.2) is 6.10 Å². The Morgan fingerprint density at radius 1 is 0.383 bits per heavy atom. The van der Waals surface area contributed by atoms with Crippen LogP contribution in [0.5, 0.6) is 0 Å². The normalized spacial score (nSPS) is 12.7. The molecule has 1 unspecified atom stereocenters. The first kappa shape index (κ1) is 57.6. The van der Waals surface area contributed by atoms with E-state index >= 15 is 0 Å². The van der Waals surface area contributed by atoms with Crippen LogP contribution in [0.1, 0.15) is 252 Å². The van der Waals surface area contributed by atoms with E-state index in [9.17, 15) is 9.59 Å². The molecule has 0 N–H and O–H groups in total. The van der Waals surface area contributed by atoms with Gasteiger partial charge >= 0.3 is 11.9 Å². The van der Waals surface area contributed by atoms with E-state index in [1.54, 1.807) is 0 Å². The molecule has 0 radical (unpaired) electrons. The molecule has 0 aliphatic heterocycles. The van der Waals surface area contributed by atoms with Crippen molar-refractivity contribution in [2.75, 3.05) is 19.8 Å². The van der Waals surface area contributed by atoms with Gasteiger partial charge in [-0.25, -0.2) is 0 Å². The first-order valence-electron chi connectivity index (χ1n) is 25.8. The summed E-state index contributed by atoms with van der Waals surface area (Å²) in [7, 11) is 0. The van der Waals surface area contributed by atoms with Crippen LogP contribution in [0.3, 0.4) is 0 Å². The lowest BCUT2D eigenvalue weighted by molar-refractivity contribution is -0.163. The maximum atomic E-state index is 12.7. The second kappa shape index (κ2) is 51.0. The van der Waals surface area contributed by atoms with Crippen molar-refractivity contribution in [2.24, 2.45) is 0 Å². The topological polar surface area (TPSA) is 61.8 Å². The summed E-state index contributed by atoms with van der Waals surface area (Å²) in [4.78, 5) is 25.2. The fourth-order valence-corrected chi connectivity index (χ4v) is 7.24. The van der Waals surface area contributed by atoms with Crippen LogP contribution in [0.25, 0.3) is 0 Å². The first-order chi connectivity index (χ1) is 29.6. The van der Waals surface area contributed by atoms with Gasteiger partial charge in [0, 0.05) is 19.4 Å². The Bertz CT molecular complexity index is 1040. The highest BCUT2D eigenvalue weighted by molar-refractivity contribution is 5.70. The van der Waals surface area contributed by atoms with Crippen molar-refractivity contribution in [1.29, 1.82) is 0 Å². The van der Waals surface area contributed by atoms with Gasteiger partial charge in [-0.05, 0) is 64.2 Å². The molecule has 0 aromatic rings. The molecule has 348 valence electrons. The molecule has 1 atom stereocenters. The fraction of sp³-hybridized carbons (Fsp3) is 0.782. The van der Waals surface area contributed by atoms with E-state index in [1.807, 2.05) is 0 Å². The molecule has 0 saturated carbocycles. The molecule has 0 bridgehead atoms. The molecule has 0 heterocycles. The SMILES string of the molecule is CC/C=C\C/C=C\C/C=C\C/C=C\C/C=C\CCCCCC(=O)OCC(COCCCCCCCCCCCCCCCCCCCC)OC(=O)CCCCCCCCC. The molecule has 0 fully saturated rings. The lowest BCUT2D eigenvalue weighted by Gasteiger charge is -2.18. The van der Waals surface area contributed by atoms with Crippen molar-refractivity contribution < 1.29 is 23.8 Å². The molecule has 5 nitrogen and oxygen atoms in total. The van der Waals surface area contributed by atoms with E-state index in [2.05, 4.69) is 81.5 Å².